The van der Waals surface area contributed by atoms with E-state index in [1.54, 1.807) is 14.2 Å². The second-order valence-corrected chi connectivity index (χ2v) is 19.2. The first-order valence-corrected chi connectivity index (χ1v) is 26.5. The number of nitrogens with one attached hydrogen (secondary N) is 4. The van der Waals surface area contributed by atoms with Crippen molar-refractivity contribution < 1.29 is 28.5 Å². The topological polar surface area (TPSA) is 199 Å². The summed E-state index contributed by atoms with van der Waals surface area (Å²) in [6, 6.07) is 39.2. The third-order valence-electron chi connectivity index (χ3n) is 13.4. The van der Waals surface area contributed by atoms with Crippen molar-refractivity contribution in [2.45, 2.75) is 52.1 Å². The van der Waals surface area contributed by atoms with E-state index in [1.807, 2.05) is 116 Å². The fourth-order valence-corrected chi connectivity index (χ4v) is 9.40. The number of hydrogen-bond donors (Lipinski definition) is 4. The molecule has 1 saturated heterocycles. The molecule has 2 aromatic heterocycles. The van der Waals surface area contributed by atoms with E-state index in [1.165, 1.54) is 17.5 Å². The van der Waals surface area contributed by atoms with Crippen LogP contribution in [0.2, 0.25) is 0 Å². The Labute approximate surface area is 453 Å². The Morgan fingerprint density at radius 2 is 1.05 bits per heavy atom. The maximum absolute atomic E-state index is 12.7. The van der Waals surface area contributed by atoms with E-state index in [4.69, 9.17) is 38.9 Å². The van der Waals surface area contributed by atoms with Gasteiger partial charge in [-0.1, -0.05) is 49.7 Å². The van der Waals surface area contributed by atoms with Gasteiger partial charge in [-0.05, 0) is 140 Å². The van der Waals surface area contributed by atoms with Gasteiger partial charge < -0.3 is 40.2 Å². The number of anilines is 6. The summed E-state index contributed by atoms with van der Waals surface area (Å²) in [4.78, 5) is 55.4. The number of piperidine rings is 1. The van der Waals surface area contributed by atoms with Crippen LogP contribution in [-0.2, 0) is 32.2 Å². The summed E-state index contributed by atoms with van der Waals surface area (Å²) in [6.07, 6.45) is 8.61. The Bertz CT molecular complexity index is 3510. The van der Waals surface area contributed by atoms with E-state index in [0.717, 1.165) is 93.5 Å². The van der Waals surface area contributed by atoms with E-state index in [9.17, 15) is 9.59 Å². The molecular formula is C61H63N11O6. The van der Waals surface area contributed by atoms with Crippen LogP contribution in [0.3, 0.4) is 0 Å². The highest BCUT2D eigenvalue weighted by atomic mass is 16.5. The zero-order valence-electron chi connectivity index (χ0n) is 44.2. The first-order chi connectivity index (χ1) is 38.3. The molecule has 78 heavy (non-hydrogen) atoms. The zero-order valence-corrected chi connectivity index (χ0v) is 44.2. The molecule has 0 unspecified atom stereocenters. The third kappa shape index (κ3) is 13.5. The molecule has 17 heteroatoms. The Morgan fingerprint density at radius 1 is 0.538 bits per heavy atom. The highest BCUT2D eigenvalue weighted by Gasteiger charge is 2.18. The average Bonchev–Trinajstić information content (AvgIpc) is 4.15. The van der Waals surface area contributed by atoms with Crippen LogP contribution in [0.5, 0.6) is 11.5 Å². The van der Waals surface area contributed by atoms with Crippen molar-refractivity contribution >= 4 is 80.4 Å². The Kier molecular flexibility index (Phi) is 17.2. The number of carbonyl (C=O) groups is 2. The van der Waals surface area contributed by atoms with Crippen LogP contribution in [0.25, 0.3) is 44.6 Å². The molecule has 2 amide bonds. The number of aliphatic imine (C=N–C) groups is 2. The molecular weight excluding hydrogens is 983 g/mol. The summed E-state index contributed by atoms with van der Waals surface area (Å²) < 4.78 is 21.9. The number of ether oxygens (including phenoxy) is 4. The minimum atomic E-state index is -0.0115. The Hall–Kier alpha value is -8.64. The molecule has 8 aromatic rings. The lowest BCUT2D eigenvalue weighted by molar-refractivity contribution is -0.117. The van der Waals surface area contributed by atoms with E-state index < -0.39 is 0 Å². The highest BCUT2D eigenvalue weighted by Crippen LogP contribution is 2.34. The molecule has 0 bridgehead atoms. The normalized spacial score (nSPS) is 13.4. The predicted molar refractivity (Wildman–Crippen MR) is 309 cm³/mol. The highest BCUT2D eigenvalue weighted by molar-refractivity contribution is 5.97. The molecule has 3 aliphatic heterocycles. The quantitative estimate of drug-likeness (QED) is 0.0526. The molecule has 1 fully saturated rings. The van der Waals surface area contributed by atoms with Crippen molar-refractivity contribution in [3.8, 4) is 34.3 Å². The van der Waals surface area contributed by atoms with Gasteiger partial charge in [-0.3, -0.25) is 24.5 Å². The van der Waals surface area contributed by atoms with Gasteiger partial charge in [0.15, 0.2) is 11.6 Å². The van der Waals surface area contributed by atoms with Crippen LogP contribution >= 0.6 is 0 Å². The molecule has 0 spiro atoms. The number of methoxy groups -OCH3 is 2. The number of carbonyl (C=O) groups excluding carboxylic acids is 2. The number of aromatic nitrogens is 4. The summed E-state index contributed by atoms with van der Waals surface area (Å²) >= 11 is 0. The van der Waals surface area contributed by atoms with Crippen LogP contribution in [0.1, 0.15) is 61.3 Å². The predicted octanol–water partition coefficient (Wildman–Crippen LogP) is 11.2. The third-order valence-corrected chi connectivity index (χ3v) is 13.4. The fraction of sp³-hybridized carbons (Fsp3) is 0.279. The maximum atomic E-state index is 12.7. The van der Waals surface area contributed by atoms with Crippen LogP contribution in [0.15, 0.2) is 131 Å². The molecule has 6 aromatic carbocycles. The number of amides is 2. The molecule has 5 heterocycles. The average molecular weight is 1050 g/mol. The van der Waals surface area contributed by atoms with Gasteiger partial charge in [-0.25, -0.2) is 19.9 Å². The lowest BCUT2D eigenvalue weighted by atomic mass is 10.1. The number of likely N-dealkylation sites (tertiary alicyclic amines) is 1. The molecule has 17 nitrogen and oxygen atoms in total. The van der Waals surface area contributed by atoms with Crippen molar-refractivity contribution in [3.63, 3.8) is 0 Å². The Morgan fingerprint density at radius 3 is 1.55 bits per heavy atom. The standard InChI is InChI=1S/C32H34N6O3.C29H29N5O3/c1-40-14-15-41-27-10-11-29-28(18-27)32(35-26-9-8-23-19-33-20-24(23)17-26)37-31(36-29)22-6-5-7-25(16-22)34-30(39)21-38-12-3-2-4-13-38;1-3-5-27(35)31-22-7-4-6-19(14-22)28-33-26-11-10-24(37-13-12-36-2)16-25(26)29(34-28)32-23-9-8-20-17-30-18-21(20)15-23/h5-11,16-18,20H,2-4,12-15,19,21H2,1H3,(H,34,39)(H,35,36,37);4,6-11,14-16,18H,3,5,12-13,17H2,1-2H3,(H,31,35)(H,32,33,34). The lowest BCUT2D eigenvalue weighted by Crippen LogP contribution is -2.36. The number of hydrogen-bond acceptors (Lipinski definition) is 15. The van der Waals surface area contributed by atoms with Crippen molar-refractivity contribution in [1.82, 2.24) is 24.8 Å². The van der Waals surface area contributed by atoms with Gasteiger partial charge in [0.05, 0.1) is 43.9 Å². The molecule has 0 aliphatic carbocycles. The molecule has 398 valence electrons. The molecule has 0 radical (unpaired) electrons. The number of fused-ring (bicyclic) bond motifs is 4. The number of benzene rings is 6. The lowest BCUT2D eigenvalue weighted by Gasteiger charge is -2.25. The fourth-order valence-electron chi connectivity index (χ4n) is 9.40. The first-order valence-electron chi connectivity index (χ1n) is 26.5. The van der Waals surface area contributed by atoms with E-state index in [2.05, 4.69) is 60.4 Å². The van der Waals surface area contributed by atoms with E-state index >= 15 is 0 Å². The van der Waals surface area contributed by atoms with E-state index in [-0.39, 0.29) is 11.8 Å². The van der Waals surface area contributed by atoms with Crippen LogP contribution in [-0.4, -0.2) is 109 Å². The van der Waals surface area contributed by atoms with Crippen molar-refractivity contribution in [3.05, 3.63) is 144 Å². The van der Waals surface area contributed by atoms with Gasteiger partial charge in [0.1, 0.15) is 36.3 Å². The summed E-state index contributed by atoms with van der Waals surface area (Å²) in [7, 11) is 3.30. The van der Waals surface area contributed by atoms with Gasteiger partial charge >= 0.3 is 0 Å². The molecule has 0 saturated carbocycles. The monoisotopic (exact) mass is 1050 g/mol. The van der Waals surface area contributed by atoms with Crippen molar-refractivity contribution in [1.29, 1.82) is 0 Å². The summed E-state index contributed by atoms with van der Waals surface area (Å²) in [5.74, 6) is 3.85. The smallest absolute Gasteiger partial charge is 0.238 e. The van der Waals surface area contributed by atoms with Crippen molar-refractivity contribution in [2.75, 3.05) is 81.5 Å². The molecule has 3 aliphatic rings. The van der Waals surface area contributed by atoms with Gasteiger partial charge in [-0.15, -0.1) is 0 Å². The summed E-state index contributed by atoms with van der Waals surface area (Å²) in [6.45, 7) is 7.66. The maximum Gasteiger partial charge on any atom is 0.238 e. The minimum Gasteiger partial charge on any atom is -0.491 e. The zero-order chi connectivity index (χ0) is 53.6. The molecule has 4 N–H and O–H groups in total. The molecule has 0 atom stereocenters. The van der Waals surface area contributed by atoms with Crippen LogP contribution in [0, 0.1) is 0 Å². The Balaban J connectivity index is 0.000000177. The van der Waals surface area contributed by atoms with Crippen LogP contribution in [0.4, 0.5) is 34.4 Å². The van der Waals surface area contributed by atoms with Gasteiger partial charge in [-0.2, -0.15) is 0 Å². The first kappa shape index (κ1) is 52.8. The second-order valence-electron chi connectivity index (χ2n) is 19.2. The van der Waals surface area contributed by atoms with Crippen LogP contribution < -0.4 is 30.7 Å². The largest absolute Gasteiger partial charge is 0.491 e. The van der Waals surface area contributed by atoms with E-state index in [0.29, 0.717) is 93.0 Å². The second kappa shape index (κ2) is 25.5. The minimum absolute atomic E-state index is 0.00742. The number of nitrogens with zero attached hydrogens (tertiary/aromatic N) is 7. The van der Waals surface area contributed by atoms with Gasteiger partial charge in [0.2, 0.25) is 11.8 Å². The number of rotatable bonds is 20. The SMILES string of the molecule is CCCC(=O)Nc1cccc(-c2nc(Nc3ccc4c(c3)C=NC4)c3cc(OCCOC)ccc3n2)c1.COCCOc1ccc2nc(-c3cccc(NC(=O)CN4CCCCC4)c3)nc(Nc3ccc4c(c3)C=NC4)c2c1. The van der Waals surface area contributed by atoms with Gasteiger partial charge in [0, 0.05) is 77.7 Å². The van der Waals surface area contributed by atoms with Gasteiger partial charge in [0.25, 0.3) is 0 Å². The summed E-state index contributed by atoms with van der Waals surface area (Å²) in [5, 5.41) is 14.7. The van der Waals surface area contributed by atoms with Crippen molar-refractivity contribution in [2.24, 2.45) is 9.98 Å². The summed E-state index contributed by atoms with van der Waals surface area (Å²) in [5.41, 5.74) is 11.0. The molecule has 11 rings (SSSR count).